The van der Waals surface area contributed by atoms with Gasteiger partial charge in [-0.05, 0) is 5.75 Å². The number of thioether (sulfide) groups is 1. The van der Waals surface area contributed by atoms with Gasteiger partial charge in [-0.15, -0.1) is 0 Å². The first-order valence-corrected chi connectivity index (χ1v) is 4.53. The Hall–Kier alpha value is 0.170. The van der Waals surface area contributed by atoms with Crippen LogP contribution in [0.2, 0.25) is 0 Å². The Morgan fingerprint density at radius 1 is 1.56 bits per heavy atom. The zero-order valence-corrected chi connectivity index (χ0v) is 6.88. The number of rotatable bonds is 5. The summed E-state index contributed by atoms with van der Waals surface area (Å²) in [5, 5.41) is 0. The molecular weight excluding hydrogens is 154 g/mol. The molecule has 0 aromatic carbocycles. The summed E-state index contributed by atoms with van der Waals surface area (Å²) in [6.45, 7) is 0. The molecule has 0 bridgehead atoms. The van der Waals surface area contributed by atoms with Gasteiger partial charge in [0.2, 0.25) is 5.91 Å². The van der Waals surface area contributed by atoms with E-state index in [2.05, 4.69) is 12.6 Å². The first-order valence-electron chi connectivity index (χ1n) is 2.74. The van der Waals surface area contributed by atoms with Gasteiger partial charge in [-0.25, -0.2) is 0 Å². The summed E-state index contributed by atoms with van der Waals surface area (Å²) in [5.41, 5.74) is 4.90. The maximum absolute atomic E-state index is 10.2. The zero-order valence-electron chi connectivity index (χ0n) is 5.17. The second-order valence-corrected chi connectivity index (χ2v) is 3.22. The van der Waals surface area contributed by atoms with E-state index >= 15 is 0 Å². The van der Waals surface area contributed by atoms with Crippen molar-refractivity contribution >= 4 is 30.3 Å². The summed E-state index contributed by atoms with van der Waals surface area (Å²) >= 11 is 5.71. The molecule has 9 heavy (non-hydrogen) atoms. The lowest BCUT2D eigenvalue weighted by molar-refractivity contribution is -0.117. The minimum absolute atomic E-state index is 0.221. The van der Waals surface area contributed by atoms with Crippen molar-refractivity contribution in [1.82, 2.24) is 0 Å². The lowest BCUT2D eigenvalue weighted by Gasteiger charge is -1.93. The van der Waals surface area contributed by atoms with Crippen molar-refractivity contribution < 1.29 is 4.79 Å². The molecule has 0 heterocycles. The van der Waals surface area contributed by atoms with Crippen LogP contribution in [0, 0.1) is 0 Å². The maximum Gasteiger partial charge on any atom is 0.218 e. The average molecular weight is 165 g/mol. The first-order chi connectivity index (χ1) is 4.27. The molecule has 0 aromatic rings. The van der Waals surface area contributed by atoms with Crippen molar-refractivity contribution in [3.05, 3.63) is 0 Å². The molecule has 0 saturated heterocycles. The summed E-state index contributed by atoms with van der Waals surface area (Å²) in [5.74, 6) is 2.47. The van der Waals surface area contributed by atoms with E-state index in [9.17, 15) is 4.79 Å². The third kappa shape index (κ3) is 8.17. The van der Waals surface area contributed by atoms with E-state index < -0.39 is 0 Å². The fourth-order valence-corrected chi connectivity index (χ4v) is 1.41. The predicted octanol–water partition coefficient (Wildman–Crippen LogP) is 0.525. The average Bonchev–Trinajstić information content (AvgIpc) is 1.80. The van der Waals surface area contributed by atoms with Crippen LogP contribution in [0.3, 0.4) is 0 Å². The van der Waals surface area contributed by atoms with E-state index in [0.717, 1.165) is 17.3 Å². The van der Waals surface area contributed by atoms with Crippen LogP contribution < -0.4 is 5.73 Å². The predicted molar refractivity (Wildman–Crippen MR) is 45.0 cm³/mol. The van der Waals surface area contributed by atoms with Crippen LogP contribution in [0.1, 0.15) is 6.42 Å². The van der Waals surface area contributed by atoms with E-state index in [1.165, 1.54) is 0 Å². The molecule has 54 valence electrons. The molecule has 1 amide bonds. The molecule has 2 nitrogen and oxygen atoms in total. The van der Waals surface area contributed by atoms with Crippen LogP contribution in [-0.4, -0.2) is 23.2 Å². The largest absolute Gasteiger partial charge is 0.370 e. The summed E-state index contributed by atoms with van der Waals surface area (Å²) in [6.07, 6.45) is 0.485. The molecular formula is C5H11NOS2. The lowest BCUT2D eigenvalue weighted by atomic mass is 10.5. The van der Waals surface area contributed by atoms with E-state index in [-0.39, 0.29) is 5.91 Å². The molecule has 0 spiro atoms. The Kier molecular flexibility index (Phi) is 6.41. The summed E-state index contributed by atoms with van der Waals surface area (Å²) in [4.78, 5) is 10.2. The fraction of sp³-hybridized carbons (Fsp3) is 0.800. The van der Waals surface area contributed by atoms with Gasteiger partial charge in [0.1, 0.15) is 0 Å². The van der Waals surface area contributed by atoms with Gasteiger partial charge in [0.05, 0.1) is 0 Å². The van der Waals surface area contributed by atoms with Gasteiger partial charge >= 0.3 is 0 Å². The summed E-state index contributed by atoms with van der Waals surface area (Å²) in [7, 11) is 0. The monoisotopic (exact) mass is 165 g/mol. The van der Waals surface area contributed by atoms with E-state index in [1.54, 1.807) is 11.8 Å². The maximum atomic E-state index is 10.2. The van der Waals surface area contributed by atoms with E-state index in [1.807, 2.05) is 0 Å². The number of amides is 1. The number of hydrogen-bond donors (Lipinski definition) is 2. The van der Waals surface area contributed by atoms with Crippen LogP contribution in [0.4, 0.5) is 0 Å². The van der Waals surface area contributed by atoms with Crippen molar-refractivity contribution in [2.24, 2.45) is 5.73 Å². The van der Waals surface area contributed by atoms with E-state index in [0.29, 0.717) is 6.42 Å². The molecule has 0 rings (SSSR count). The highest BCUT2D eigenvalue weighted by molar-refractivity contribution is 7.99. The molecule has 4 heteroatoms. The molecule has 2 N–H and O–H groups in total. The minimum Gasteiger partial charge on any atom is -0.370 e. The molecule has 0 saturated carbocycles. The van der Waals surface area contributed by atoms with Crippen molar-refractivity contribution in [2.45, 2.75) is 6.42 Å². The quantitative estimate of drug-likeness (QED) is 0.461. The van der Waals surface area contributed by atoms with Crippen LogP contribution in [0.5, 0.6) is 0 Å². The fourth-order valence-electron chi connectivity index (χ4n) is 0.339. The third-order valence-electron chi connectivity index (χ3n) is 0.728. The number of carbonyl (C=O) groups is 1. The molecule has 0 aliphatic carbocycles. The van der Waals surface area contributed by atoms with Gasteiger partial charge in [-0.3, -0.25) is 4.79 Å². The Bertz CT molecular complexity index is 87.0. The molecule has 0 aliphatic heterocycles. The Labute approximate surface area is 65.0 Å². The van der Waals surface area contributed by atoms with Crippen LogP contribution in [0.15, 0.2) is 0 Å². The lowest BCUT2D eigenvalue weighted by Crippen LogP contribution is -2.11. The van der Waals surface area contributed by atoms with Crippen molar-refractivity contribution in [2.75, 3.05) is 17.3 Å². The minimum atomic E-state index is -0.221. The standard InChI is InChI=1S/C5H11NOS2/c6-5(7)1-3-9-4-2-8/h8H,1-4H2,(H2,6,7). The van der Waals surface area contributed by atoms with Crippen LogP contribution >= 0.6 is 24.4 Å². The summed E-state index contributed by atoms with van der Waals surface area (Å²) in [6, 6.07) is 0. The molecule has 0 fully saturated rings. The number of carbonyl (C=O) groups excluding carboxylic acids is 1. The molecule has 0 atom stereocenters. The number of nitrogens with two attached hydrogens (primary N) is 1. The van der Waals surface area contributed by atoms with Crippen molar-refractivity contribution in [1.29, 1.82) is 0 Å². The van der Waals surface area contributed by atoms with Crippen molar-refractivity contribution in [3.8, 4) is 0 Å². The highest BCUT2D eigenvalue weighted by Crippen LogP contribution is 2.01. The molecule has 0 aromatic heterocycles. The van der Waals surface area contributed by atoms with Crippen LogP contribution in [0.25, 0.3) is 0 Å². The molecule has 0 aliphatic rings. The summed E-state index contributed by atoms with van der Waals surface area (Å²) < 4.78 is 0. The normalized spacial score (nSPS) is 9.44. The number of hydrogen-bond acceptors (Lipinski definition) is 3. The van der Waals surface area contributed by atoms with Gasteiger partial charge in [0.15, 0.2) is 0 Å². The van der Waals surface area contributed by atoms with Gasteiger partial charge in [-0.2, -0.15) is 24.4 Å². The highest BCUT2D eigenvalue weighted by Gasteiger charge is 1.92. The van der Waals surface area contributed by atoms with Gasteiger partial charge in [0, 0.05) is 17.9 Å². The van der Waals surface area contributed by atoms with Crippen molar-refractivity contribution in [3.63, 3.8) is 0 Å². The Balaban J connectivity index is 2.83. The number of thiol groups is 1. The van der Waals surface area contributed by atoms with Gasteiger partial charge in [0.25, 0.3) is 0 Å². The zero-order chi connectivity index (χ0) is 7.11. The second kappa shape index (κ2) is 6.29. The van der Waals surface area contributed by atoms with E-state index in [4.69, 9.17) is 5.73 Å². The molecule has 0 radical (unpaired) electrons. The second-order valence-electron chi connectivity index (χ2n) is 1.55. The van der Waals surface area contributed by atoms with Gasteiger partial charge < -0.3 is 5.73 Å². The molecule has 0 unspecified atom stereocenters. The third-order valence-corrected chi connectivity index (χ3v) is 2.24. The highest BCUT2D eigenvalue weighted by atomic mass is 32.2. The Morgan fingerprint density at radius 2 is 2.22 bits per heavy atom. The topological polar surface area (TPSA) is 43.1 Å². The smallest absolute Gasteiger partial charge is 0.218 e. The Morgan fingerprint density at radius 3 is 2.67 bits per heavy atom. The van der Waals surface area contributed by atoms with Crippen LogP contribution in [-0.2, 0) is 4.79 Å². The number of primary amides is 1. The first kappa shape index (κ1) is 9.17. The van der Waals surface area contributed by atoms with Gasteiger partial charge in [-0.1, -0.05) is 0 Å². The SMILES string of the molecule is NC(=O)CCSCCS.